The maximum Gasteiger partial charge on any atom is 0.244 e. The van der Waals surface area contributed by atoms with Gasteiger partial charge in [0.05, 0.1) is 30.6 Å². The third-order valence-electron chi connectivity index (χ3n) is 3.99. The fourth-order valence-electron chi connectivity index (χ4n) is 2.78. The number of ether oxygens (including phenoxy) is 1. The van der Waals surface area contributed by atoms with Gasteiger partial charge in [0.25, 0.3) is 0 Å². The molecule has 112 valence electrons. The maximum absolute atomic E-state index is 12.8. The summed E-state index contributed by atoms with van der Waals surface area (Å²) in [6.45, 7) is 4.75. The highest BCUT2D eigenvalue weighted by atomic mass is 16.5. The molecule has 0 bridgehead atoms. The zero-order chi connectivity index (χ0) is 14.8. The van der Waals surface area contributed by atoms with E-state index < -0.39 is 0 Å². The topological polar surface area (TPSA) is 61.9 Å². The molecule has 1 aromatic rings. The predicted molar refractivity (Wildman–Crippen MR) is 79.3 cm³/mol. The second-order valence-corrected chi connectivity index (χ2v) is 5.31. The van der Waals surface area contributed by atoms with Crippen molar-refractivity contribution in [2.45, 2.75) is 13.0 Å². The first kappa shape index (κ1) is 14.0. The van der Waals surface area contributed by atoms with Crippen molar-refractivity contribution in [3.05, 3.63) is 24.3 Å². The summed E-state index contributed by atoms with van der Waals surface area (Å²) in [5.74, 6) is -0.199. The number of benzene rings is 1. The molecule has 0 radical (unpaired) electrons. The Balaban J connectivity index is 1.82. The molecule has 2 aliphatic rings. The van der Waals surface area contributed by atoms with Gasteiger partial charge in [0.15, 0.2) is 0 Å². The molecule has 0 aromatic heterocycles. The monoisotopic (exact) mass is 289 g/mol. The van der Waals surface area contributed by atoms with Crippen molar-refractivity contribution in [1.29, 1.82) is 0 Å². The lowest BCUT2D eigenvalue weighted by Gasteiger charge is -2.36. The van der Waals surface area contributed by atoms with Crippen LogP contribution in [0.2, 0.25) is 0 Å². The van der Waals surface area contributed by atoms with Crippen molar-refractivity contribution >= 4 is 23.2 Å². The lowest BCUT2D eigenvalue weighted by atomic mass is 10.1. The number of morpholine rings is 1. The highest BCUT2D eigenvalue weighted by Crippen LogP contribution is 2.29. The van der Waals surface area contributed by atoms with Gasteiger partial charge in [-0.15, -0.1) is 0 Å². The number of anilines is 2. The average molecular weight is 289 g/mol. The third kappa shape index (κ3) is 2.77. The van der Waals surface area contributed by atoms with Gasteiger partial charge in [0, 0.05) is 13.1 Å². The summed E-state index contributed by atoms with van der Waals surface area (Å²) in [7, 11) is 0. The molecule has 2 amide bonds. The molecule has 1 atom stereocenters. The van der Waals surface area contributed by atoms with E-state index in [0.29, 0.717) is 18.9 Å². The molecule has 21 heavy (non-hydrogen) atoms. The fraction of sp³-hybridized carbons (Fsp3) is 0.467. The molecule has 1 unspecified atom stereocenters. The summed E-state index contributed by atoms with van der Waals surface area (Å²) in [6, 6.07) is 7.13. The molecule has 2 heterocycles. The van der Waals surface area contributed by atoms with E-state index in [1.165, 1.54) is 0 Å². The van der Waals surface area contributed by atoms with Crippen LogP contribution in [0.5, 0.6) is 0 Å². The Hall–Kier alpha value is -1.92. The maximum atomic E-state index is 12.8. The average Bonchev–Trinajstić information content (AvgIpc) is 2.53. The number of fused-ring (bicyclic) bond motifs is 1. The van der Waals surface area contributed by atoms with Crippen LogP contribution in [0.3, 0.4) is 0 Å². The number of para-hydroxylation sites is 2. The van der Waals surface area contributed by atoms with Crippen LogP contribution in [0.25, 0.3) is 0 Å². The summed E-state index contributed by atoms with van der Waals surface area (Å²) < 4.78 is 5.32. The van der Waals surface area contributed by atoms with Crippen molar-refractivity contribution in [3.8, 4) is 0 Å². The van der Waals surface area contributed by atoms with Crippen LogP contribution in [0, 0.1) is 0 Å². The third-order valence-corrected chi connectivity index (χ3v) is 3.99. The van der Waals surface area contributed by atoms with E-state index in [-0.39, 0.29) is 24.4 Å². The van der Waals surface area contributed by atoms with Gasteiger partial charge in [0.2, 0.25) is 11.8 Å². The van der Waals surface area contributed by atoms with Crippen LogP contribution in [-0.4, -0.2) is 55.6 Å². The molecule has 6 nitrogen and oxygen atoms in total. The van der Waals surface area contributed by atoms with E-state index in [4.69, 9.17) is 4.74 Å². The van der Waals surface area contributed by atoms with E-state index >= 15 is 0 Å². The largest absolute Gasteiger partial charge is 0.379 e. The van der Waals surface area contributed by atoms with Gasteiger partial charge in [-0.2, -0.15) is 0 Å². The molecule has 1 fully saturated rings. The summed E-state index contributed by atoms with van der Waals surface area (Å²) in [5, 5.41) is 2.80. The number of hydrogen-bond donors (Lipinski definition) is 1. The molecular formula is C15H19N3O3. The normalized spacial score (nSPS) is 20.6. The molecule has 1 aromatic carbocycles. The van der Waals surface area contributed by atoms with Gasteiger partial charge >= 0.3 is 0 Å². The SMILES string of the molecule is CC(C(=O)N1CC(=O)Nc2ccccc21)N1CCOCC1. The molecule has 2 aliphatic heterocycles. The molecule has 6 heteroatoms. The number of nitrogens with one attached hydrogen (secondary N) is 1. The minimum absolute atomic E-state index is 0.0424. The number of nitrogens with zero attached hydrogens (tertiary/aromatic N) is 2. The Bertz CT molecular complexity index is 555. The second-order valence-electron chi connectivity index (χ2n) is 5.31. The molecular weight excluding hydrogens is 270 g/mol. The molecule has 0 spiro atoms. The Morgan fingerprint density at radius 1 is 1.29 bits per heavy atom. The van der Waals surface area contributed by atoms with Crippen LogP contribution in [0.4, 0.5) is 11.4 Å². The summed E-state index contributed by atoms with van der Waals surface area (Å²) >= 11 is 0. The van der Waals surface area contributed by atoms with Crippen molar-refractivity contribution in [3.63, 3.8) is 0 Å². The van der Waals surface area contributed by atoms with Crippen LogP contribution in [0.1, 0.15) is 6.92 Å². The smallest absolute Gasteiger partial charge is 0.244 e. The molecule has 1 saturated heterocycles. The summed E-state index contributed by atoms with van der Waals surface area (Å²) in [5.41, 5.74) is 1.46. The minimum atomic E-state index is -0.257. The standard InChI is InChI=1S/C15H19N3O3/c1-11(17-6-8-21-9-7-17)15(20)18-10-14(19)16-12-4-2-3-5-13(12)18/h2-5,11H,6-10H2,1H3,(H,16,19). The molecule has 1 N–H and O–H groups in total. The van der Waals surface area contributed by atoms with Crippen LogP contribution in [-0.2, 0) is 14.3 Å². The number of carbonyl (C=O) groups is 2. The predicted octanol–water partition coefficient (Wildman–Crippen LogP) is 0.692. The number of carbonyl (C=O) groups excluding carboxylic acids is 2. The molecule has 3 rings (SSSR count). The van der Waals surface area contributed by atoms with Gasteiger partial charge < -0.3 is 10.1 Å². The number of hydrogen-bond acceptors (Lipinski definition) is 4. The number of amides is 2. The van der Waals surface area contributed by atoms with Gasteiger partial charge in [0.1, 0.15) is 6.54 Å². The first-order valence-electron chi connectivity index (χ1n) is 7.19. The first-order chi connectivity index (χ1) is 10.2. The first-order valence-corrected chi connectivity index (χ1v) is 7.19. The van der Waals surface area contributed by atoms with Gasteiger partial charge in [-0.05, 0) is 19.1 Å². The molecule has 0 aliphatic carbocycles. The van der Waals surface area contributed by atoms with E-state index in [2.05, 4.69) is 10.2 Å². The second kappa shape index (κ2) is 5.83. The summed E-state index contributed by atoms with van der Waals surface area (Å²) in [6.07, 6.45) is 0. The quantitative estimate of drug-likeness (QED) is 0.870. The van der Waals surface area contributed by atoms with Crippen LogP contribution >= 0.6 is 0 Å². The van der Waals surface area contributed by atoms with E-state index in [1.807, 2.05) is 31.2 Å². The Morgan fingerprint density at radius 2 is 2.00 bits per heavy atom. The summed E-state index contributed by atoms with van der Waals surface area (Å²) in [4.78, 5) is 28.2. The van der Waals surface area contributed by atoms with E-state index in [0.717, 1.165) is 18.8 Å². The van der Waals surface area contributed by atoms with Crippen molar-refractivity contribution in [1.82, 2.24) is 4.90 Å². The van der Waals surface area contributed by atoms with E-state index in [1.54, 1.807) is 4.90 Å². The lowest BCUT2D eigenvalue weighted by molar-refractivity contribution is -0.126. The van der Waals surface area contributed by atoms with Crippen LogP contribution in [0.15, 0.2) is 24.3 Å². The van der Waals surface area contributed by atoms with Crippen molar-refractivity contribution in [2.75, 3.05) is 43.1 Å². The van der Waals surface area contributed by atoms with E-state index in [9.17, 15) is 9.59 Å². The minimum Gasteiger partial charge on any atom is -0.379 e. The van der Waals surface area contributed by atoms with Gasteiger partial charge in [-0.3, -0.25) is 19.4 Å². The van der Waals surface area contributed by atoms with Gasteiger partial charge in [-0.1, -0.05) is 12.1 Å². The van der Waals surface area contributed by atoms with Crippen molar-refractivity contribution < 1.29 is 14.3 Å². The highest BCUT2D eigenvalue weighted by Gasteiger charge is 2.32. The van der Waals surface area contributed by atoms with Gasteiger partial charge in [-0.25, -0.2) is 0 Å². The fourth-order valence-corrected chi connectivity index (χ4v) is 2.78. The highest BCUT2D eigenvalue weighted by molar-refractivity contribution is 6.11. The Morgan fingerprint density at radius 3 is 2.76 bits per heavy atom. The van der Waals surface area contributed by atoms with Crippen LogP contribution < -0.4 is 10.2 Å². The lowest BCUT2D eigenvalue weighted by Crippen LogP contribution is -2.53. The van der Waals surface area contributed by atoms with Crippen molar-refractivity contribution in [2.24, 2.45) is 0 Å². The zero-order valence-corrected chi connectivity index (χ0v) is 12.0. The Labute approximate surface area is 123 Å². The molecule has 0 saturated carbocycles. The number of rotatable bonds is 2. The Kier molecular flexibility index (Phi) is 3.90. The zero-order valence-electron chi connectivity index (χ0n) is 12.0.